The minimum atomic E-state index is -0.888. The molecule has 1 amide bonds. The van der Waals surface area contributed by atoms with Crippen molar-refractivity contribution in [3.63, 3.8) is 0 Å². The molecule has 0 spiro atoms. The summed E-state index contributed by atoms with van der Waals surface area (Å²) in [5, 5.41) is 9.05. The van der Waals surface area contributed by atoms with Gasteiger partial charge in [0.1, 0.15) is 5.82 Å². The van der Waals surface area contributed by atoms with E-state index in [-0.39, 0.29) is 18.4 Å². The molecule has 1 aromatic rings. The van der Waals surface area contributed by atoms with Crippen LogP contribution in [0, 0.1) is 17.7 Å². The third-order valence-electron chi connectivity index (χ3n) is 3.38. The molecule has 6 heteroatoms. The summed E-state index contributed by atoms with van der Waals surface area (Å²) in [6.07, 6.45) is 0. The van der Waals surface area contributed by atoms with Crippen molar-refractivity contribution in [1.29, 1.82) is 0 Å². The molecule has 1 saturated heterocycles. The molecule has 0 radical (unpaired) electrons. The summed E-state index contributed by atoms with van der Waals surface area (Å²) in [5.41, 5.74) is 0.347. The smallest absolute Gasteiger partial charge is 0.308 e. The van der Waals surface area contributed by atoms with Crippen LogP contribution in [0.4, 0.5) is 4.39 Å². The van der Waals surface area contributed by atoms with Gasteiger partial charge in [-0.05, 0) is 40.0 Å². The van der Waals surface area contributed by atoms with Gasteiger partial charge in [0.15, 0.2) is 0 Å². The number of amides is 1. The zero-order valence-electron chi connectivity index (χ0n) is 10.3. The number of nitrogens with zero attached hydrogens (tertiary/aromatic N) is 1. The second kappa shape index (κ2) is 5.28. The lowest BCUT2D eigenvalue weighted by atomic mass is 9.99. The van der Waals surface area contributed by atoms with Crippen molar-refractivity contribution in [3.8, 4) is 0 Å². The summed E-state index contributed by atoms with van der Waals surface area (Å²) in [6.45, 7) is 2.41. The van der Waals surface area contributed by atoms with Crippen LogP contribution in [-0.2, 0) is 4.79 Å². The molecule has 2 atom stereocenters. The standard InChI is InChI=1S/C13H13BrFNO3/c1-7-5-16(6-10(7)13(18)19)12(17)9-3-2-8(15)4-11(9)14/h2-4,7,10H,5-6H2,1H3,(H,18,19). The second-order valence-electron chi connectivity index (χ2n) is 4.76. The van der Waals surface area contributed by atoms with Gasteiger partial charge in [0.05, 0.1) is 11.5 Å². The largest absolute Gasteiger partial charge is 0.481 e. The normalized spacial score (nSPS) is 22.6. The van der Waals surface area contributed by atoms with Crippen molar-refractivity contribution >= 4 is 27.8 Å². The number of hydrogen-bond acceptors (Lipinski definition) is 2. The van der Waals surface area contributed by atoms with Gasteiger partial charge in [-0.1, -0.05) is 6.92 Å². The highest BCUT2D eigenvalue weighted by atomic mass is 79.9. The second-order valence-corrected chi connectivity index (χ2v) is 5.61. The van der Waals surface area contributed by atoms with Crippen LogP contribution in [-0.4, -0.2) is 35.0 Å². The zero-order valence-corrected chi connectivity index (χ0v) is 11.9. The monoisotopic (exact) mass is 329 g/mol. The summed E-state index contributed by atoms with van der Waals surface area (Å²) < 4.78 is 13.4. The van der Waals surface area contributed by atoms with Gasteiger partial charge in [0.25, 0.3) is 5.91 Å². The molecule has 0 bridgehead atoms. The van der Waals surface area contributed by atoms with E-state index in [1.54, 1.807) is 0 Å². The van der Waals surface area contributed by atoms with E-state index in [0.717, 1.165) is 0 Å². The average molecular weight is 330 g/mol. The fourth-order valence-electron chi connectivity index (χ4n) is 2.29. The molecule has 0 aromatic heterocycles. The molecule has 0 aliphatic carbocycles. The van der Waals surface area contributed by atoms with Gasteiger partial charge in [-0.25, -0.2) is 4.39 Å². The number of hydrogen-bond donors (Lipinski definition) is 1. The number of rotatable bonds is 2. The Morgan fingerprint density at radius 2 is 2.11 bits per heavy atom. The third-order valence-corrected chi connectivity index (χ3v) is 4.03. The highest BCUT2D eigenvalue weighted by molar-refractivity contribution is 9.10. The molecule has 0 saturated carbocycles. The summed E-state index contributed by atoms with van der Waals surface area (Å²) in [4.78, 5) is 24.8. The number of carbonyl (C=O) groups is 2. The van der Waals surface area contributed by atoms with Gasteiger partial charge in [-0.2, -0.15) is 0 Å². The molecule has 1 N–H and O–H groups in total. The van der Waals surface area contributed by atoms with Crippen molar-refractivity contribution in [2.75, 3.05) is 13.1 Å². The molecule has 1 aromatic carbocycles. The highest BCUT2D eigenvalue weighted by Gasteiger charge is 2.37. The highest BCUT2D eigenvalue weighted by Crippen LogP contribution is 2.27. The quantitative estimate of drug-likeness (QED) is 0.906. The van der Waals surface area contributed by atoms with Crippen molar-refractivity contribution in [2.45, 2.75) is 6.92 Å². The van der Waals surface area contributed by atoms with Crippen LogP contribution in [0.5, 0.6) is 0 Å². The fraction of sp³-hybridized carbons (Fsp3) is 0.385. The number of likely N-dealkylation sites (tertiary alicyclic amines) is 1. The van der Waals surface area contributed by atoms with Gasteiger partial charge >= 0.3 is 5.97 Å². The Bertz CT molecular complexity index is 535. The molecule has 1 heterocycles. The number of halogens is 2. The van der Waals surface area contributed by atoms with Crippen molar-refractivity contribution in [3.05, 3.63) is 34.1 Å². The molecule has 1 aliphatic heterocycles. The molecule has 1 fully saturated rings. The van der Waals surface area contributed by atoms with Crippen LogP contribution < -0.4 is 0 Å². The minimum Gasteiger partial charge on any atom is -0.481 e. The summed E-state index contributed by atoms with van der Waals surface area (Å²) in [7, 11) is 0. The molecular formula is C13H13BrFNO3. The van der Waals surface area contributed by atoms with Crippen molar-refractivity contribution < 1.29 is 19.1 Å². The molecule has 4 nitrogen and oxygen atoms in total. The molecule has 1 aliphatic rings. The molecule has 2 rings (SSSR count). The Labute approximate surface area is 118 Å². The maximum atomic E-state index is 13.0. The van der Waals surface area contributed by atoms with Crippen LogP contribution >= 0.6 is 15.9 Å². The van der Waals surface area contributed by atoms with E-state index < -0.39 is 17.7 Å². The van der Waals surface area contributed by atoms with E-state index in [9.17, 15) is 14.0 Å². The van der Waals surface area contributed by atoms with Crippen LogP contribution in [0.25, 0.3) is 0 Å². The Kier molecular flexibility index (Phi) is 3.89. The van der Waals surface area contributed by atoms with E-state index in [0.29, 0.717) is 16.6 Å². The van der Waals surface area contributed by atoms with Crippen molar-refractivity contribution in [1.82, 2.24) is 4.90 Å². The zero-order chi connectivity index (χ0) is 14.2. The van der Waals surface area contributed by atoms with Crippen LogP contribution in [0.1, 0.15) is 17.3 Å². The first-order valence-electron chi connectivity index (χ1n) is 5.87. The third kappa shape index (κ3) is 2.78. The van der Waals surface area contributed by atoms with Gasteiger partial charge in [-0.3, -0.25) is 9.59 Å². The lowest BCUT2D eigenvalue weighted by Gasteiger charge is -2.16. The van der Waals surface area contributed by atoms with E-state index in [2.05, 4.69) is 15.9 Å². The fourth-order valence-corrected chi connectivity index (χ4v) is 2.81. The van der Waals surface area contributed by atoms with Crippen molar-refractivity contribution in [2.24, 2.45) is 11.8 Å². The van der Waals surface area contributed by atoms with E-state index in [4.69, 9.17) is 5.11 Å². The predicted octanol–water partition coefficient (Wildman–Crippen LogP) is 2.38. The van der Waals surface area contributed by atoms with Gasteiger partial charge in [0.2, 0.25) is 0 Å². The van der Waals surface area contributed by atoms with Crippen LogP contribution in [0.15, 0.2) is 22.7 Å². The first-order valence-corrected chi connectivity index (χ1v) is 6.66. The van der Waals surface area contributed by atoms with Crippen LogP contribution in [0.3, 0.4) is 0 Å². The molecular weight excluding hydrogens is 317 g/mol. The molecule has 19 heavy (non-hydrogen) atoms. The van der Waals surface area contributed by atoms with Gasteiger partial charge < -0.3 is 10.0 Å². The van der Waals surface area contributed by atoms with E-state index in [1.165, 1.54) is 23.1 Å². The lowest BCUT2D eigenvalue weighted by molar-refractivity contribution is -0.142. The van der Waals surface area contributed by atoms with E-state index >= 15 is 0 Å². The SMILES string of the molecule is CC1CN(C(=O)c2ccc(F)cc2Br)CC1C(=O)O. The topological polar surface area (TPSA) is 57.6 Å². The Morgan fingerprint density at radius 3 is 2.63 bits per heavy atom. The van der Waals surface area contributed by atoms with Crippen LogP contribution in [0.2, 0.25) is 0 Å². The number of benzene rings is 1. The lowest BCUT2D eigenvalue weighted by Crippen LogP contribution is -2.30. The minimum absolute atomic E-state index is 0.0827. The number of aliphatic carboxylic acids is 1. The average Bonchev–Trinajstić information content (AvgIpc) is 2.70. The maximum Gasteiger partial charge on any atom is 0.308 e. The van der Waals surface area contributed by atoms with Gasteiger partial charge in [-0.15, -0.1) is 0 Å². The number of carboxylic acids is 1. The Balaban J connectivity index is 2.19. The Morgan fingerprint density at radius 1 is 1.42 bits per heavy atom. The predicted molar refractivity (Wildman–Crippen MR) is 70.3 cm³/mol. The molecule has 2 unspecified atom stereocenters. The summed E-state index contributed by atoms with van der Waals surface area (Å²) in [5.74, 6) is -2.21. The molecule has 102 valence electrons. The first kappa shape index (κ1) is 14.0. The maximum absolute atomic E-state index is 13.0. The summed E-state index contributed by atoms with van der Waals surface area (Å²) in [6, 6.07) is 3.84. The van der Waals surface area contributed by atoms with Gasteiger partial charge in [0, 0.05) is 17.6 Å². The summed E-state index contributed by atoms with van der Waals surface area (Å²) >= 11 is 3.15. The van der Waals surface area contributed by atoms with E-state index in [1.807, 2.05) is 6.92 Å². The first-order chi connectivity index (χ1) is 8.90. The number of carboxylic acid groups (broad SMARTS) is 1. The Hall–Kier alpha value is -1.43. The number of carbonyl (C=O) groups excluding carboxylic acids is 1.